The highest BCUT2D eigenvalue weighted by atomic mass is 16.5. The molecule has 1 saturated carbocycles. The van der Waals surface area contributed by atoms with Crippen LogP contribution in [0.25, 0.3) is 0 Å². The maximum Gasteiger partial charge on any atom is 0.311 e. The normalized spacial score (nSPS) is 23.0. The summed E-state index contributed by atoms with van der Waals surface area (Å²) < 4.78 is 5.42. The summed E-state index contributed by atoms with van der Waals surface area (Å²) in [5, 5.41) is 31.4. The van der Waals surface area contributed by atoms with Crippen molar-refractivity contribution >= 4 is 5.97 Å². The molecule has 0 radical (unpaired) electrons. The van der Waals surface area contributed by atoms with Crippen molar-refractivity contribution in [3.63, 3.8) is 0 Å². The number of hydrogen-bond donors (Lipinski definition) is 3. The fourth-order valence-electron chi connectivity index (χ4n) is 4.99. The van der Waals surface area contributed by atoms with E-state index in [4.69, 9.17) is 4.74 Å². The van der Waals surface area contributed by atoms with Crippen molar-refractivity contribution in [2.45, 2.75) is 83.0 Å². The van der Waals surface area contributed by atoms with Crippen LogP contribution in [-0.4, -0.2) is 39.6 Å². The molecule has 0 aliphatic heterocycles. The number of unbranched alkanes of at least 4 members (excludes halogenated alkanes) is 1. The maximum atomic E-state index is 12.1. The van der Waals surface area contributed by atoms with Crippen LogP contribution >= 0.6 is 0 Å². The number of hydrogen-bond acceptors (Lipinski definition) is 5. The van der Waals surface area contributed by atoms with Crippen LogP contribution in [0.3, 0.4) is 0 Å². The maximum absolute atomic E-state index is 12.1. The van der Waals surface area contributed by atoms with Crippen LogP contribution in [0.4, 0.5) is 0 Å². The van der Waals surface area contributed by atoms with Crippen molar-refractivity contribution in [2.24, 2.45) is 11.8 Å². The molecule has 0 saturated heterocycles. The monoisotopic (exact) mass is 480 g/mol. The molecule has 1 fully saturated rings. The largest absolute Gasteiger partial charge is 0.426 e. The fourth-order valence-corrected chi connectivity index (χ4v) is 4.99. The second-order valence-corrected chi connectivity index (χ2v) is 9.79. The first-order chi connectivity index (χ1) is 16.9. The first-order valence-corrected chi connectivity index (χ1v) is 12.9. The van der Waals surface area contributed by atoms with E-state index in [-0.39, 0.29) is 17.8 Å². The number of carbonyl (C=O) groups excluding carboxylic acids is 1. The summed E-state index contributed by atoms with van der Waals surface area (Å²) in [4.78, 5) is 12.1. The molecule has 0 aromatic heterocycles. The third-order valence-electron chi connectivity index (χ3n) is 7.11. The molecule has 0 heterocycles. The summed E-state index contributed by atoms with van der Waals surface area (Å²) in [5.74, 6) is 0.365. The van der Waals surface area contributed by atoms with Gasteiger partial charge in [0.2, 0.25) is 0 Å². The standard InChI is InChI=1S/C30H40O5/c1-22-11-9-10-15-29(22)35-30(34)16-8-3-2-7-14-25-26(28(33)21-27(25)32)20-19-24(31)18-17-23-12-5-4-6-13-23/h2,4-7,9-13,15,24-28,31-33H,3,8,14,16-21H2,1H3/b7-2-/t24-,25+,26+,27-,28+/m0/s1. The number of aliphatic hydroxyl groups is 3. The lowest BCUT2D eigenvalue weighted by molar-refractivity contribution is -0.134. The minimum absolute atomic E-state index is 0.00593. The summed E-state index contributed by atoms with van der Waals surface area (Å²) >= 11 is 0. The van der Waals surface area contributed by atoms with Gasteiger partial charge in [0, 0.05) is 6.42 Å². The van der Waals surface area contributed by atoms with Gasteiger partial charge >= 0.3 is 5.97 Å². The average molecular weight is 481 g/mol. The van der Waals surface area contributed by atoms with E-state index in [1.807, 2.05) is 49.4 Å². The Morgan fingerprint density at radius 3 is 2.49 bits per heavy atom. The van der Waals surface area contributed by atoms with Gasteiger partial charge in [-0.15, -0.1) is 0 Å². The van der Waals surface area contributed by atoms with E-state index in [2.05, 4.69) is 18.2 Å². The van der Waals surface area contributed by atoms with Gasteiger partial charge in [-0.1, -0.05) is 60.7 Å². The third-order valence-corrected chi connectivity index (χ3v) is 7.11. The minimum Gasteiger partial charge on any atom is -0.426 e. The molecule has 35 heavy (non-hydrogen) atoms. The van der Waals surface area contributed by atoms with E-state index in [0.717, 1.165) is 18.4 Å². The van der Waals surface area contributed by atoms with Crippen molar-refractivity contribution in [1.82, 2.24) is 0 Å². The lowest BCUT2D eigenvalue weighted by Gasteiger charge is -2.23. The van der Waals surface area contributed by atoms with Gasteiger partial charge in [0.15, 0.2) is 0 Å². The van der Waals surface area contributed by atoms with Crippen LogP contribution in [-0.2, 0) is 11.2 Å². The van der Waals surface area contributed by atoms with Crippen molar-refractivity contribution < 1.29 is 24.9 Å². The van der Waals surface area contributed by atoms with Crippen molar-refractivity contribution in [1.29, 1.82) is 0 Å². The first kappa shape index (κ1) is 27.1. The average Bonchev–Trinajstić information content (AvgIpc) is 3.12. The van der Waals surface area contributed by atoms with Crippen molar-refractivity contribution in [2.75, 3.05) is 0 Å². The number of ether oxygens (including phenoxy) is 1. The van der Waals surface area contributed by atoms with Gasteiger partial charge in [0.1, 0.15) is 5.75 Å². The van der Waals surface area contributed by atoms with Gasteiger partial charge in [0.05, 0.1) is 18.3 Å². The van der Waals surface area contributed by atoms with Crippen LogP contribution in [0.2, 0.25) is 0 Å². The third kappa shape index (κ3) is 8.92. The first-order valence-electron chi connectivity index (χ1n) is 12.9. The smallest absolute Gasteiger partial charge is 0.311 e. The minimum atomic E-state index is -0.527. The molecule has 2 aromatic carbocycles. The Morgan fingerprint density at radius 1 is 1.00 bits per heavy atom. The zero-order valence-electron chi connectivity index (χ0n) is 20.8. The number of aliphatic hydroxyl groups excluding tert-OH is 3. The lowest BCUT2D eigenvalue weighted by atomic mass is 9.85. The molecule has 3 N–H and O–H groups in total. The van der Waals surface area contributed by atoms with Gasteiger partial charge in [-0.25, -0.2) is 0 Å². The van der Waals surface area contributed by atoms with E-state index in [1.165, 1.54) is 5.56 Å². The van der Waals surface area contributed by atoms with E-state index in [0.29, 0.717) is 50.7 Å². The molecule has 3 rings (SSSR count). The number of rotatable bonds is 13. The van der Waals surface area contributed by atoms with Crippen LogP contribution in [0.1, 0.15) is 62.5 Å². The number of carbonyl (C=O) groups is 1. The molecule has 2 aromatic rings. The van der Waals surface area contributed by atoms with Crippen LogP contribution in [0.15, 0.2) is 66.7 Å². The molecule has 0 unspecified atom stereocenters. The molecule has 1 aliphatic rings. The molecular formula is C30H40O5. The Morgan fingerprint density at radius 2 is 1.71 bits per heavy atom. The number of allylic oxidation sites excluding steroid dienone is 2. The summed E-state index contributed by atoms with van der Waals surface area (Å²) in [6.45, 7) is 1.92. The predicted octanol–water partition coefficient (Wildman–Crippen LogP) is 5.15. The number of benzene rings is 2. The summed E-state index contributed by atoms with van der Waals surface area (Å²) in [6.07, 6.45) is 8.42. The quantitative estimate of drug-likeness (QED) is 0.160. The topological polar surface area (TPSA) is 87.0 Å². The lowest BCUT2D eigenvalue weighted by Crippen LogP contribution is -2.23. The summed E-state index contributed by atoms with van der Waals surface area (Å²) in [5.41, 5.74) is 2.16. The van der Waals surface area contributed by atoms with Gasteiger partial charge < -0.3 is 20.1 Å². The fraction of sp³-hybridized carbons (Fsp3) is 0.500. The number of esters is 1. The van der Waals surface area contributed by atoms with E-state index >= 15 is 0 Å². The van der Waals surface area contributed by atoms with Crippen LogP contribution in [0, 0.1) is 18.8 Å². The molecule has 1 aliphatic carbocycles. The highest BCUT2D eigenvalue weighted by Gasteiger charge is 2.40. The van der Waals surface area contributed by atoms with Gasteiger partial charge in [-0.2, -0.15) is 0 Å². The Labute approximate surface area is 209 Å². The SMILES string of the molecule is Cc1ccccc1OC(=O)CCC/C=C\C[C@@H]1[C@@H](CC[C@@H](O)CCc2ccccc2)[C@H](O)C[C@@H]1O. The van der Waals surface area contributed by atoms with E-state index in [9.17, 15) is 20.1 Å². The molecule has 0 amide bonds. The van der Waals surface area contributed by atoms with Gasteiger partial charge in [0.25, 0.3) is 0 Å². The highest BCUT2D eigenvalue weighted by molar-refractivity contribution is 5.72. The Hall–Kier alpha value is -2.47. The molecule has 0 bridgehead atoms. The highest BCUT2D eigenvalue weighted by Crippen LogP contribution is 2.38. The number of para-hydroxylation sites is 1. The Balaban J connectivity index is 1.36. The van der Waals surface area contributed by atoms with Gasteiger partial charge in [-0.05, 0) is 87.3 Å². The van der Waals surface area contributed by atoms with E-state index in [1.54, 1.807) is 6.07 Å². The molecule has 5 nitrogen and oxygen atoms in total. The number of aryl methyl sites for hydroxylation is 2. The zero-order chi connectivity index (χ0) is 25.0. The second kappa shape index (κ2) is 14.2. The second-order valence-electron chi connectivity index (χ2n) is 9.79. The summed E-state index contributed by atoms with van der Waals surface area (Å²) in [6, 6.07) is 17.6. The molecule has 5 atom stereocenters. The molecular weight excluding hydrogens is 440 g/mol. The van der Waals surface area contributed by atoms with E-state index < -0.39 is 18.3 Å². The predicted molar refractivity (Wildman–Crippen MR) is 138 cm³/mol. The summed E-state index contributed by atoms with van der Waals surface area (Å²) in [7, 11) is 0. The molecule has 0 spiro atoms. The Kier molecular flexibility index (Phi) is 11.0. The van der Waals surface area contributed by atoms with Crippen LogP contribution < -0.4 is 4.74 Å². The van der Waals surface area contributed by atoms with Gasteiger partial charge in [-0.3, -0.25) is 4.79 Å². The van der Waals surface area contributed by atoms with Crippen molar-refractivity contribution in [3.05, 3.63) is 77.9 Å². The Bertz CT molecular complexity index is 925. The molecule has 5 heteroatoms. The van der Waals surface area contributed by atoms with Crippen LogP contribution in [0.5, 0.6) is 5.75 Å². The van der Waals surface area contributed by atoms with Crippen molar-refractivity contribution in [3.8, 4) is 5.75 Å². The zero-order valence-corrected chi connectivity index (χ0v) is 20.8. The molecule has 190 valence electrons.